The number of hydrogen-bond donors (Lipinski definition) is 2. The molecule has 2 aromatic heterocycles. The third-order valence-electron chi connectivity index (χ3n) is 6.46. The minimum atomic E-state index is -0.477. The average Bonchev–Trinajstić information content (AvgIpc) is 3.36. The highest BCUT2D eigenvalue weighted by Crippen LogP contribution is 2.43. The van der Waals surface area contributed by atoms with Crippen LogP contribution in [0.25, 0.3) is 22.5 Å². The Hall–Kier alpha value is -3.06. The van der Waals surface area contributed by atoms with Crippen LogP contribution in [0, 0.1) is 11.7 Å². The van der Waals surface area contributed by atoms with Gasteiger partial charge >= 0.3 is 0 Å². The second kappa shape index (κ2) is 7.02. The van der Waals surface area contributed by atoms with E-state index in [-0.39, 0.29) is 17.0 Å². The molecule has 0 aliphatic carbocycles. The molecule has 154 valence electrons. The lowest BCUT2D eigenvalue weighted by Gasteiger charge is -2.37. The fourth-order valence-corrected chi connectivity index (χ4v) is 4.90. The Morgan fingerprint density at radius 2 is 2.20 bits per heavy atom. The molecule has 7 heteroatoms. The maximum atomic E-state index is 14.6. The number of allylic oxidation sites excluding steroid dienone is 1. The lowest BCUT2D eigenvalue weighted by atomic mass is 9.80. The van der Waals surface area contributed by atoms with E-state index in [4.69, 9.17) is 0 Å². The zero-order chi connectivity index (χ0) is 20.9. The summed E-state index contributed by atoms with van der Waals surface area (Å²) in [5.41, 5.74) is 2.87. The number of rotatable bonds is 4. The number of fused-ring (bicyclic) bond motifs is 2. The Bertz CT molecular complexity index is 1100. The summed E-state index contributed by atoms with van der Waals surface area (Å²) in [5, 5.41) is 14.2. The fourth-order valence-electron chi connectivity index (χ4n) is 4.90. The summed E-state index contributed by atoms with van der Waals surface area (Å²) in [4.78, 5) is 12.9. The van der Waals surface area contributed by atoms with Crippen molar-refractivity contribution in [3.05, 3.63) is 61.3 Å². The van der Waals surface area contributed by atoms with Crippen molar-refractivity contribution in [3.63, 3.8) is 0 Å². The van der Waals surface area contributed by atoms with Crippen LogP contribution < -0.4 is 5.32 Å². The van der Waals surface area contributed by atoms with Gasteiger partial charge in [-0.25, -0.2) is 9.37 Å². The van der Waals surface area contributed by atoms with E-state index in [2.05, 4.69) is 33.8 Å². The standard InChI is InChI=1S/C23H24FN5O/c1-14(15-7-16-3-4-23(2,10-15)28-16)19-11-27-20(12-26-19)17-8-18(24)21(9-22(17)30)29-6-5-25-13-29/h5-6,8-9,11-13,15-16,28,30H,1,3-4,7,10H2,2H3/t15-,16?,23+/m1/s1. The summed E-state index contributed by atoms with van der Waals surface area (Å²) in [6, 6.07) is 3.19. The quantitative estimate of drug-likeness (QED) is 0.683. The summed E-state index contributed by atoms with van der Waals surface area (Å²) in [7, 11) is 0. The maximum Gasteiger partial charge on any atom is 0.148 e. The van der Waals surface area contributed by atoms with Crippen LogP contribution >= 0.6 is 0 Å². The molecular weight excluding hydrogens is 381 g/mol. The Morgan fingerprint density at radius 3 is 2.90 bits per heavy atom. The van der Waals surface area contributed by atoms with Gasteiger partial charge in [0.05, 0.1) is 35.8 Å². The number of aromatic nitrogens is 4. The predicted octanol–water partition coefficient (Wildman–Crippen LogP) is 4.11. The van der Waals surface area contributed by atoms with E-state index in [1.807, 2.05) is 0 Å². The highest BCUT2D eigenvalue weighted by molar-refractivity contribution is 5.70. The SMILES string of the molecule is C=C(c1cnc(-c2cc(F)c(-n3ccnc3)cc2O)cn1)[C@@H]1CC2CC[C@@](C)(C1)N2. The van der Waals surface area contributed by atoms with Gasteiger partial charge in [0.2, 0.25) is 0 Å². The van der Waals surface area contributed by atoms with Crippen LogP contribution in [-0.4, -0.2) is 36.2 Å². The number of nitrogens with one attached hydrogen (secondary N) is 1. The van der Waals surface area contributed by atoms with Crippen molar-refractivity contribution in [2.75, 3.05) is 0 Å². The number of imidazole rings is 1. The zero-order valence-electron chi connectivity index (χ0n) is 16.8. The van der Waals surface area contributed by atoms with E-state index < -0.39 is 5.82 Å². The van der Waals surface area contributed by atoms with Crippen molar-refractivity contribution in [3.8, 4) is 22.7 Å². The number of halogens is 1. The average molecular weight is 405 g/mol. The van der Waals surface area contributed by atoms with E-state index in [1.165, 1.54) is 35.9 Å². The first-order valence-electron chi connectivity index (χ1n) is 10.2. The molecule has 6 nitrogen and oxygen atoms in total. The van der Waals surface area contributed by atoms with Crippen molar-refractivity contribution >= 4 is 5.57 Å². The second-order valence-electron chi connectivity index (χ2n) is 8.68. The molecule has 30 heavy (non-hydrogen) atoms. The van der Waals surface area contributed by atoms with Crippen LogP contribution in [0.5, 0.6) is 5.75 Å². The zero-order valence-corrected chi connectivity index (χ0v) is 16.8. The van der Waals surface area contributed by atoms with E-state index in [0.29, 0.717) is 23.2 Å². The Morgan fingerprint density at radius 1 is 1.33 bits per heavy atom. The molecule has 0 radical (unpaired) electrons. The predicted molar refractivity (Wildman–Crippen MR) is 113 cm³/mol. The Labute approximate surface area is 174 Å². The molecule has 1 unspecified atom stereocenters. The van der Waals surface area contributed by atoms with Gasteiger partial charge in [-0.05, 0) is 50.2 Å². The van der Waals surface area contributed by atoms with Crippen LogP contribution in [-0.2, 0) is 0 Å². The molecule has 4 heterocycles. The summed E-state index contributed by atoms with van der Waals surface area (Å²) in [6.45, 7) is 6.59. The van der Waals surface area contributed by atoms with Crippen LogP contribution in [0.3, 0.4) is 0 Å². The van der Waals surface area contributed by atoms with Crippen LogP contribution in [0.4, 0.5) is 4.39 Å². The lowest BCUT2D eigenvalue weighted by Crippen LogP contribution is -2.47. The van der Waals surface area contributed by atoms with E-state index >= 15 is 0 Å². The highest BCUT2D eigenvalue weighted by atomic mass is 19.1. The molecular formula is C23H24FN5O. The number of benzene rings is 1. The first kappa shape index (κ1) is 18.9. The summed E-state index contributed by atoms with van der Waals surface area (Å²) in [6.07, 6.45) is 12.4. The normalized spacial score (nSPS) is 25.4. The molecule has 2 fully saturated rings. The molecule has 2 aliphatic rings. The van der Waals surface area contributed by atoms with Gasteiger partial charge in [-0.15, -0.1) is 0 Å². The largest absolute Gasteiger partial charge is 0.507 e. The molecule has 0 saturated carbocycles. The third-order valence-corrected chi connectivity index (χ3v) is 6.46. The molecule has 2 aliphatic heterocycles. The number of nitrogens with zero attached hydrogens (tertiary/aromatic N) is 4. The van der Waals surface area contributed by atoms with Gasteiger partial charge < -0.3 is 15.0 Å². The first-order valence-corrected chi connectivity index (χ1v) is 10.2. The minimum absolute atomic E-state index is 0.0659. The Kier molecular flexibility index (Phi) is 4.43. The van der Waals surface area contributed by atoms with Gasteiger partial charge in [-0.2, -0.15) is 0 Å². The molecule has 5 rings (SSSR count). The third kappa shape index (κ3) is 3.29. The molecule has 2 bridgehead atoms. The topological polar surface area (TPSA) is 75.9 Å². The molecule has 0 spiro atoms. The minimum Gasteiger partial charge on any atom is -0.507 e. The summed E-state index contributed by atoms with van der Waals surface area (Å²) in [5.74, 6) is -0.164. The van der Waals surface area contributed by atoms with Crippen LogP contribution in [0.1, 0.15) is 38.3 Å². The molecule has 0 amide bonds. The second-order valence-corrected chi connectivity index (χ2v) is 8.68. The van der Waals surface area contributed by atoms with Gasteiger partial charge in [0.1, 0.15) is 11.6 Å². The number of phenols is 1. The van der Waals surface area contributed by atoms with Gasteiger partial charge in [0.15, 0.2) is 0 Å². The van der Waals surface area contributed by atoms with Gasteiger partial charge in [0, 0.05) is 35.6 Å². The molecule has 2 saturated heterocycles. The smallest absolute Gasteiger partial charge is 0.148 e. The van der Waals surface area contributed by atoms with Gasteiger partial charge in [0.25, 0.3) is 0 Å². The van der Waals surface area contributed by atoms with E-state index in [1.54, 1.807) is 24.8 Å². The number of phenolic OH excluding ortho intramolecular Hbond substituents is 1. The van der Waals surface area contributed by atoms with Gasteiger partial charge in [-0.3, -0.25) is 9.97 Å². The highest BCUT2D eigenvalue weighted by Gasteiger charge is 2.42. The monoisotopic (exact) mass is 405 g/mol. The maximum absolute atomic E-state index is 14.6. The molecule has 3 aromatic rings. The first-order chi connectivity index (χ1) is 14.4. The number of aromatic hydroxyl groups is 1. The summed E-state index contributed by atoms with van der Waals surface area (Å²) < 4.78 is 16.1. The lowest BCUT2D eigenvalue weighted by molar-refractivity contribution is 0.261. The van der Waals surface area contributed by atoms with Crippen LogP contribution in [0.2, 0.25) is 0 Å². The number of hydrogen-bond acceptors (Lipinski definition) is 5. The van der Waals surface area contributed by atoms with Crippen molar-refractivity contribution in [1.82, 2.24) is 24.8 Å². The molecule has 1 aromatic carbocycles. The number of piperidine rings is 1. The van der Waals surface area contributed by atoms with Crippen molar-refractivity contribution in [1.29, 1.82) is 0 Å². The molecule has 3 atom stereocenters. The van der Waals surface area contributed by atoms with Crippen LogP contribution in [0.15, 0.2) is 49.8 Å². The van der Waals surface area contributed by atoms with Crippen molar-refractivity contribution in [2.45, 2.75) is 44.2 Å². The van der Waals surface area contributed by atoms with E-state index in [0.717, 1.165) is 24.1 Å². The summed E-state index contributed by atoms with van der Waals surface area (Å²) >= 11 is 0. The van der Waals surface area contributed by atoms with E-state index in [9.17, 15) is 9.50 Å². The van der Waals surface area contributed by atoms with Crippen molar-refractivity contribution < 1.29 is 9.50 Å². The molecule has 2 N–H and O–H groups in total. The Balaban J connectivity index is 1.39. The fraction of sp³-hybridized carbons (Fsp3) is 0.348. The van der Waals surface area contributed by atoms with Crippen molar-refractivity contribution in [2.24, 2.45) is 5.92 Å². The van der Waals surface area contributed by atoms with Gasteiger partial charge in [-0.1, -0.05) is 6.58 Å².